The quantitative estimate of drug-likeness (QED) is 0.677. The SMILES string of the molecule is Cc1c(S)oc2ccc(F)cc2c1=O. The number of rotatable bonds is 0. The van der Waals surface area contributed by atoms with Gasteiger partial charge in [-0.15, -0.1) is 12.6 Å². The zero-order valence-electron chi connectivity index (χ0n) is 7.37. The Labute approximate surface area is 84.8 Å². The fraction of sp³-hybridized carbons (Fsp3) is 0.100. The van der Waals surface area contributed by atoms with Crippen LogP contribution in [0.2, 0.25) is 0 Å². The lowest BCUT2D eigenvalue weighted by Gasteiger charge is -2.01. The summed E-state index contributed by atoms with van der Waals surface area (Å²) in [6, 6.07) is 3.83. The molecule has 4 heteroatoms. The maximum Gasteiger partial charge on any atom is 0.196 e. The molecular weight excluding hydrogens is 203 g/mol. The maximum atomic E-state index is 12.8. The average molecular weight is 210 g/mol. The van der Waals surface area contributed by atoms with Crippen LogP contribution in [0.5, 0.6) is 0 Å². The zero-order valence-corrected chi connectivity index (χ0v) is 8.27. The van der Waals surface area contributed by atoms with Crippen molar-refractivity contribution in [2.24, 2.45) is 0 Å². The molecule has 0 aliphatic heterocycles. The fourth-order valence-electron chi connectivity index (χ4n) is 1.25. The Hall–Kier alpha value is -1.29. The molecule has 0 radical (unpaired) electrons. The summed E-state index contributed by atoms with van der Waals surface area (Å²) in [6.07, 6.45) is 0. The molecule has 0 saturated carbocycles. The highest BCUT2D eigenvalue weighted by atomic mass is 32.1. The molecule has 1 aromatic heterocycles. The van der Waals surface area contributed by atoms with E-state index in [0.717, 1.165) is 0 Å². The molecule has 0 amide bonds. The third kappa shape index (κ3) is 1.32. The first-order chi connectivity index (χ1) is 6.59. The van der Waals surface area contributed by atoms with Gasteiger partial charge < -0.3 is 4.42 Å². The minimum atomic E-state index is -0.448. The van der Waals surface area contributed by atoms with Gasteiger partial charge in [0.1, 0.15) is 11.4 Å². The minimum absolute atomic E-state index is 0.240. The van der Waals surface area contributed by atoms with E-state index in [9.17, 15) is 9.18 Å². The standard InChI is InChI=1S/C10H7FO2S/c1-5-9(12)7-4-6(11)2-3-8(7)13-10(5)14/h2-4,14H,1H3. The molecule has 0 spiro atoms. The van der Waals surface area contributed by atoms with Crippen LogP contribution in [0.15, 0.2) is 32.5 Å². The highest BCUT2D eigenvalue weighted by molar-refractivity contribution is 7.80. The van der Waals surface area contributed by atoms with Gasteiger partial charge in [-0.2, -0.15) is 0 Å². The Balaban J connectivity index is 2.99. The summed E-state index contributed by atoms with van der Waals surface area (Å²) >= 11 is 4.01. The van der Waals surface area contributed by atoms with Gasteiger partial charge in [-0.3, -0.25) is 4.79 Å². The summed E-state index contributed by atoms with van der Waals surface area (Å²) < 4.78 is 18.1. The molecular formula is C10H7FO2S. The molecule has 14 heavy (non-hydrogen) atoms. The number of benzene rings is 1. The Morgan fingerprint density at radius 1 is 1.43 bits per heavy atom. The van der Waals surface area contributed by atoms with Gasteiger partial charge in [0.2, 0.25) is 0 Å². The molecule has 0 bridgehead atoms. The van der Waals surface area contributed by atoms with Crippen LogP contribution >= 0.6 is 12.6 Å². The van der Waals surface area contributed by atoms with Crippen LogP contribution in [0, 0.1) is 12.7 Å². The number of hydrogen-bond acceptors (Lipinski definition) is 3. The van der Waals surface area contributed by atoms with Gasteiger partial charge in [0, 0.05) is 5.56 Å². The highest BCUT2D eigenvalue weighted by Crippen LogP contribution is 2.18. The molecule has 72 valence electrons. The van der Waals surface area contributed by atoms with Crippen LogP contribution in [-0.4, -0.2) is 0 Å². The molecule has 0 aliphatic carbocycles. The van der Waals surface area contributed by atoms with Gasteiger partial charge in [-0.25, -0.2) is 4.39 Å². The van der Waals surface area contributed by atoms with Crippen molar-refractivity contribution >= 4 is 23.6 Å². The summed E-state index contributed by atoms with van der Waals surface area (Å²) in [5.41, 5.74) is 0.509. The zero-order chi connectivity index (χ0) is 10.3. The second-order valence-electron chi connectivity index (χ2n) is 3.00. The smallest absolute Gasteiger partial charge is 0.196 e. The molecule has 0 aliphatic rings. The highest BCUT2D eigenvalue weighted by Gasteiger charge is 2.08. The van der Waals surface area contributed by atoms with Crippen molar-refractivity contribution in [2.75, 3.05) is 0 Å². The molecule has 0 saturated heterocycles. The van der Waals surface area contributed by atoms with Crippen molar-refractivity contribution in [3.05, 3.63) is 39.8 Å². The van der Waals surface area contributed by atoms with Crippen LogP contribution < -0.4 is 5.43 Å². The summed E-state index contributed by atoms with van der Waals surface area (Å²) in [6.45, 7) is 1.60. The van der Waals surface area contributed by atoms with Gasteiger partial charge in [-0.1, -0.05) is 0 Å². The fourth-order valence-corrected chi connectivity index (χ4v) is 1.45. The normalized spacial score (nSPS) is 10.8. The second kappa shape index (κ2) is 3.13. The van der Waals surface area contributed by atoms with Crippen molar-refractivity contribution in [2.45, 2.75) is 12.0 Å². The summed E-state index contributed by atoms with van der Waals surface area (Å²) in [4.78, 5) is 11.6. The largest absolute Gasteiger partial charge is 0.450 e. The minimum Gasteiger partial charge on any atom is -0.450 e. The Kier molecular flexibility index (Phi) is 2.07. The van der Waals surface area contributed by atoms with E-state index in [1.54, 1.807) is 6.92 Å². The molecule has 1 aromatic carbocycles. The average Bonchev–Trinajstić information content (AvgIpc) is 2.16. The number of fused-ring (bicyclic) bond motifs is 1. The Morgan fingerprint density at radius 3 is 2.86 bits per heavy atom. The van der Waals surface area contributed by atoms with E-state index in [4.69, 9.17) is 4.42 Å². The monoisotopic (exact) mass is 210 g/mol. The first-order valence-electron chi connectivity index (χ1n) is 4.01. The number of hydrogen-bond donors (Lipinski definition) is 1. The molecule has 0 atom stereocenters. The second-order valence-corrected chi connectivity index (χ2v) is 3.41. The van der Waals surface area contributed by atoms with E-state index in [1.807, 2.05) is 0 Å². The molecule has 2 rings (SSSR count). The topological polar surface area (TPSA) is 30.2 Å². The van der Waals surface area contributed by atoms with Crippen LogP contribution in [0.25, 0.3) is 11.0 Å². The molecule has 2 nitrogen and oxygen atoms in total. The van der Waals surface area contributed by atoms with Crippen LogP contribution in [0.3, 0.4) is 0 Å². The third-order valence-corrected chi connectivity index (χ3v) is 2.48. The van der Waals surface area contributed by atoms with Crippen LogP contribution in [-0.2, 0) is 0 Å². The van der Waals surface area contributed by atoms with E-state index in [1.165, 1.54) is 18.2 Å². The van der Waals surface area contributed by atoms with Crippen molar-refractivity contribution < 1.29 is 8.81 Å². The van der Waals surface area contributed by atoms with Crippen LogP contribution in [0.4, 0.5) is 4.39 Å². The molecule has 0 N–H and O–H groups in total. The molecule has 1 heterocycles. The number of thiol groups is 1. The summed E-state index contributed by atoms with van der Waals surface area (Å²) in [7, 11) is 0. The lowest BCUT2D eigenvalue weighted by molar-refractivity contribution is 0.493. The van der Waals surface area contributed by atoms with E-state index in [0.29, 0.717) is 11.1 Å². The Bertz CT molecular complexity index is 560. The van der Waals surface area contributed by atoms with Gasteiger partial charge in [0.05, 0.1) is 5.39 Å². The predicted octanol–water partition coefficient (Wildman–Crippen LogP) is 2.53. The van der Waals surface area contributed by atoms with Crippen molar-refractivity contribution in [1.82, 2.24) is 0 Å². The van der Waals surface area contributed by atoms with E-state index >= 15 is 0 Å². The van der Waals surface area contributed by atoms with E-state index < -0.39 is 5.82 Å². The molecule has 0 unspecified atom stereocenters. The first-order valence-corrected chi connectivity index (χ1v) is 4.46. The van der Waals surface area contributed by atoms with E-state index in [-0.39, 0.29) is 15.9 Å². The number of halogens is 1. The van der Waals surface area contributed by atoms with Gasteiger partial charge in [0.15, 0.2) is 10.5 Å². The lowest BCUT2D eigenvalue weighted by Crippen LogP contribution is -2.06. The van der Waals surface area contributed by atoms with Gasteiger partial charge in [0.25, 0.3) is 0 Å². The summed E-state index contributed by atoms with van der Waals surface area (Å²) in [5, 5.41) is 0.523. The maximum absolute atomic E-state index is 12.8. The summed E-state index contributed by atoms with van der Waals surface area (Å²) in [5.74, 6) is -0.448. The van der Waals surface area contributed by atoms with Crippen molar-refractivity contribution in [1.29, 1.82) is 0 Å². The van der Waals surface area contributed by atoms with Gasteiger partial charge >= 0.3 is 0 Å². The predicted molar refractivity (Wildman–Crippen MR) is 54.4 cm³/mol. The first kappa shape index (κ1) is 9.27. The lowest BCUT2D eigenvalue weighted by atomic mass is 10.2. The third-order valence-electron chi connectivity index (χ3n) is 2.05. The van der Waals surface area contributed by atoms with Crippen LogP contribution in [0.1, 0.15) is 5.56 Å². The van der Waals surface area contributed by atoms with Crippen molar-refractivity contribution in [3.8, 4) is 0 Å². The molecule has 0 fully saturated rings. The van der Waals surface area contributed by atoms with E-state index in [2.05, 4.69) is 12.6 Å². The molecule has 2 aromatic rings. The van der Waals surface area contributed by atoms with Gasteiger partial charge in [-0.05, 0) is 25.1 Å². The van der Waals surface area contributed by atoms with Crippen molar-refractivity contribution in [3.63, 3.8) is 0 Å². The Morgan fingerprint density at radius 2 is 2.14 bits per heavy atom.